The molecule has 0 bridgehead atoms. The Morgan fingerprint density at radius 3 is 2.53 bits per heavy atom. The van der Waals surface area contributed by atoms with Crippen molar-refractivity contribution in [3.63, 3.8) is 0 Å². The molecule has 2 fully saturated rings. The monoisotopic (exact) mass is 701 g/mol. The van der Waals surface area contributed by atoms with Crippen molar-refractivity contribution < 1.29 is 28.6 Å². The number of esters is 1. The van der Waals surface area contributed by atoms with Crippen molar-refractivity contribution in [2.75, 3.05) is 33.3 Å². The number of aromatic nitrogens is 1. The number of hydrogen-bond acceptors (Lipinski definition) is 10. The van der Waals surface area contributed by atoms with E-state index in [1.165, 1.54) is 36.6 Å². The van der Waals surface area contributed by atoms with Crippen molar-refractivity contribution in [1.82, 2.24) is 20.1 Å². The van der Waals surface area contributed by atoms with Crippen LogP contribution >= 0.6 is 22.9 Å². The highest BCUT2D eigenvalue weighted by Gasteiger charge is 2.43. The first-order valence-electron chi connectivity index (χ1n) is 15.8. The van der Waals surface area contributed by atoms with Gasteiger partial charge < -0.3 is 24.8 Å². The van der Waals surface area contributed by atoms with Crippen molar-refractivity contribution in [3.8, 4) is 11.5 Å². The Kier molecular flexibility index (Phi) is 9.46. The van der Waals surface area contributed by atoms with Crippen LogP contribution in [0.15, 0.2) is 94.6 Å². The summed E-state index contributed by atoms with van der Waals surface area (Å²) in [5.74, 6) is 0.569. The van der Waals surface area contributed by atoms with Gasteiger partial charge in [0.1, 0.15) is 23.4 Å². The van der Waals surface area contributed by atoms with Crippen LogP contribution in [0, 0.1) is 5.82 Å². The molecule has 10 nitrogen and oxygen atoms in total. The Bertz CT molecular complexity index is 1920. The zero-order valence-electron chi connectivity index (χ0n) is 26.5. The fourth-order valence-electron chi connectivity index (χ4n) is 6.67. The number of methoxy groups -OCH3 is 1. The molecule has 0 radical (unpaired) electrons. The number of nitrogens with zero attached hydrogens (tertiary/aromatic N) is 4. The molecule has 3 atom stereocenters. The molecule has 1 amide bonds. The Hall–Kier alpha value is -4.62. The first kappa shape index (κ1) is 32.9. The van der Waals surface area contributed by atoms with Crippen molar-refractivity contribution in [3.05, 3.63) is 122 Å². The summed E-state index contributed by atoms with van der Waals surface area (Å²) in [6, 6.07) is 18.0. The minimum absolute atomic E-state index is 0.00702. The number of thiazole rings is 1. The number of ether oxygens (including phenoxy) is 2. The standard InChI is InChI=1S/C36H33ClFN5O5S/c1-47-36(46)31-30(40-33(34-39-12-15-49-34)41-32(31)27-11-6-23(38)16-29(27)37)19-42-13-14-43-24(18-42)17-28(35(43)45)22-4-9-26(10-5-22)48-25-7-2-21(20-44)3-8-25/h2-12,15-16,24,28,32,44H,13-14,17-20H2,1H3,(H,40,41)/t24-,28?,32+/m1/s1. The summed E-state index contributed by atoms with van der Waals surface area (Å²) in [6.45, 7) is 2.09. The number of aliphatic hydroxyl groups excluding tert-OH is 1. The van der Waals surface area contributed by atoms with E-state index < -0.39 is 17.8 Å². The topological polar surface area (TPSA) is 117 Å². The summed E-state index contributed by atoms with van der Waals surface area (Å²) in [6.07, 6.45) is 2.34. The number of amidine groups is 1. The first-order chi connectivity index (χ1) is 23.8. The lowest BCUT2D eigenvalue weighted by atomic mass is 9.94. The van der Waals surface area contributed by atoms with Crippen LogP contribution < -0.4 is 10.1 Å². The molecule has 13 heteroatoms. The zero-order valence-corrected chi connectivity index (χ0v) is 28.1. The SMILES string of the molecule is COC(=O)C1=C(CN2CCN3C(=O)C(c4ccc(Oc5ccc(CO)cc5)cc4)C[C@@H]3C2)NC(c2nccs2)=N[C@H]1c1ccc(F)cc1Cl. The molecule has 1 aromatic heterocycles. The molecule has 4 aromatic rings. The third-order valence-corrected chi connectivity index (χ3v) is 10.2. The van der Waals surface area contributed by atoms with Gasteiger partial charge in [0.2, 0.25) is 5.91 Å². The molecule has 49 heavy (non-hydrogen) atoms. The van der Waals surface area contributed by atoms with Gasteiger partial charge >= 0.3 is 5.97 Å². The summed E-state index contributed by atoms with van der Waals surface area (Å²) in [5, 5.41) is 15.2. The van der Waals surface area contributed by atoms with Crippen molar-refractivity contribution in [2.45, 2.75) is 31.0 Å². The average Bonchev–Trinajstić information content (AvgIpc) is 3.77. The van der Waals surface area contributed by atoms with Gasteiger partial charge in [0, 0.05) is 60.1 Å². The van der Waals surface area contributed by atoms with Gasteiger partial charge in [0.05, 0.1) is 25.2 Å². The lowest BCUT2D eigenvalue weighted by molar-refractivity contribution is -0.136. The summed E-state index contributed by atoms with van der Waals surface area (Å²) in [4.78, 5) is 40.4. The fourth-order valence-corrected chi connectivity index (χ4v) is 7.52. The number of carbonyl (C=O) groups excluding carboxylic acids is 2. The van der Waals surface area contributed by atoms with Gasteiger partial charge in [-0.2, -0.15) is 0 Å². The second-order valence-corrected chi connectivity index (χ2v) is 13.4. The van der Waals surface area contributed by atoms with Gasteiger partial charge in [-0.3, -0.25) is 14.7 Å². The number of rotatable bonds is 9. The second kappa shape index (κ2) is 14.1. The molecule has 2 N–H and O–H groups in total. The fraction of sp³-hybridized carbons (Fsp3) is 0.278. The molecule has 0 spiro atoms. The molecule has 2 saturated heterocycles. The van der Waals surface area contributed by atoms with E-state index in [0.29, 0.717) is 66.2 Å². The Labute approximate surface area is 291 Å². The second-order valence-electron chi connectivity index (χ2n) is 12.1. The molecule has 252 valence electrons. The van der Waals surface area contributed by atoms with E-state index >= 15 is 0 Å². The van der Waals surface area contributed by atoms with Crippen LogP contribution in [-0.4, -0.2) is 76.9 Å². The Morgan fingerprint density at radius 2 is 1.86 bits per heavy atom. The van der Waals surface area contributed by atoms with Crippen LogP contribution in [0.2, 0.25) is 5.02 Å². The minimum atomic E-state index is -0.846. The largest absolute Gasteiger partial charge is 0.466 e. The smallest absolute Gasteiger partial charge is 0.338 e. The van der Waals surface area contributed by atoms with Crippen molar-refractivity contribution in [1.29, 1.82) is 0 Å². The van der Waals surface area contributed by atoms with Crippen LogP contribution in [-0.2, 0) is 20.9 Å². The van der Waals surface area contributed by atoms with E-state index in [9.17, 15) is 19.1 Å². The molecule has 1 unspecified atom stereocenters. The number of hydrogen-bond donors (Lipinski definition) is 2. The number of carbonyl (C=O) groups is 2. The van der Waals surface area contributed by atoms with E-state index in [2.05, 4.69) is 15.2 Å². The van der Waals surface area contributed by atoms with Gasteiger partial charge in [-0.15, -0.1) is 11.3 Å². The molecule has 3 aliphatic rings. The zero-order chi connectivity index (χ0) is 34.1. The molecule has 4 heterocycles. The normalized spacial score (nSPS) is 20.9. The highest BCUT2D eigenvalue weighted by molar-refractivity contribution is 7.11. The Morgan fingerprint density at radius 1 is 1.10 bits per heavy atom. The van der Waals surface area contributed by atoms with Gasteiger partial charge in [-0.25, -0.2) is 14.2 Å². The predicted octanol–water partition coefficient (Wildman–Crippen LogP) is 5.44. The van der Waals surface area contributed by atoms with Gasteiger partial charge in [0.15, 0.2) is 10.8 Å². The van der Waals surface area contributed by atoms with Crippen LogP contribution in [0.4, 0.5) is 4.39 Å². The molecule has 3 aromatic carbocycles. The number of nitrogens with one attached hydrogen (secondary N) is 1. The summed E-state index contributed by atoms with van der Waals surface area (Å²) < 4.78 is 25.2. The van der Waals surface area contributed by atoms with E-state index in [-0.39, 0.29) is 35.1 Å². The van der Waals surface area contributed by atoms with E-state index in [1.54, 1.807) is 6.20 Å². The lowest BCUT2D eigenvalue weighted by Crippen LogP contribution is -2.53. The third-order valence-electron chi connectivity index (χ3n) is 9.08. The molecular formula is C36H33ClFN5O5S. The predicted molar refractivity (Wildman–Crippen MR) is 183 cm³/mol. The molecule has 3 aliphatic heterocycles. The highest BCUT2D eigenvalue weighted by Crippen LogP contribution is 2.39. The quantitative estimate of drug-likeness (QED) is 0.222. The van der Waals surface area contributed by atoms with Gasteiger partial charge in [-0.05, 0) is 53.9 Å². The average molecular weight is 702 g/mol. The lowest BCUT2D eigenvalue weighted by Gasteiger charge is -2.38. The van der Waals surface area contributed by atoms with Crippen LogP contribution in [0.25, 0.3) is 0 Å². The number of amides is 1. The maximum atomic E-state index is 14.0. The third kappa shape index (κ3) is 6.82. The Balaban J connectivity index is 1.09. The molecule has 0 saturated carbocycles. The number of aliphatic hydroxyl groups is 1. The first-order valence-corrected chi connectivity index (χ1v) is 17.1. The van der Waals surface area contributed by atoms with Crippen LogP contribution in [0.1, 0.15) is 40.1 Å². The number of benzene rings is 3. The van der Waals surface area contributed by atoms with Crippen molar-refractivity contribution in [2.24, 2.45) is 4.99 Å². The number of halogens is 2. The molecule has 0 aliphatic carbocycles. The maximum absolute atomic E-state index is 14.0. The number of piperazine rings is 1. The van der Waals surface area contributed by atoms with E-state index in [4.69, 9.17) is 26.1 Å². The molecular weight excluding hydrogens is 669 g/mol. The van der Waals surface area contributed by atoms with Crippen LogP contribution in [0.3, 0.4) is 0 Å². The minimum Gasteiger partial charge on any atom is -0.466 e. The summed E-state index contributed by atoms with van der Waals surface area (Å²) in [5.41, 5.74) is 3.09. The van der Waals surface area contributed by atoms with Crippen LogP contribution in [0.5, 0.6) is 11.5 Å². The summed E-state index contributed by atoms with van der Waals surface area (Å²) >= 11 is 7.90. The van der Waals surface area contributed by atoms with Crippen molar-refractivity contribution >= 4 is 40.6 Å². The summed E-state index contributed by atoms with van der Waals surface area (Å²) in [7, 11) is 1.31. The number of aliphatic imine (C=N–C) groups is 1. The molecule has 7 rings (SSSR count). The van der Waals surface area contributed by atoms with E-state index in [1.807, 2.05) is 58.8 Å². The van der Waals surface area contributed by atoms with E-state index in [0.717, 1.165) is 11.1 Å². The van der Waals surface area contributed by atoms with Gasteiger partial charge in [-0.1, -0.05) is 41.9 Å². The number of fused-ring (bicyclic) bond motifs is 1. The van der Waals surface area contributed by atoms with Gasteiger partial charge in [0.25, 0.3) is 0 Å². The highest BCUT2D eigenvalue weighted by atomic mass is 35.5. The maximum Gasteiger partial charge on any atom is 0.338 e.